The Hall–Kier alpha value is -0.610. The van der Waals surface area contributed by atoms with Crippen LogP contribution in [0.4, 0.5) is 0 Å². The van der Waals surface area contributed by atoms with Crippen molar-refractivity contribution in [2.24, 2.45) is 29.6 Å². The molecule has 6 fully saturated rings. The quantitative estimate of drug-likeness (QED) is 0.758. The van der Waals surface area contributed by atoms with Crippen LogP contribution in [0.5, 0.6) is 0 Å². The van der Waals surface area contributed by atoms with Gasteiger partial charge in [0.05, 0.1) is 0 Å². The lowest BCUT2D eigenvalue weighted by atomic mass is 9.54. The molecule has 1 amide bonds. The van der Waals surface area contributed by atoms with Crippen molar-refractivity contribution in [1.29, 1.82) is 0 Å². The molecule has 0 aromatic carbocycles. The minimum absolute atomic E-state index is 0.356. The normalized spacial score (nSPS) is 43.1. The summed E-state index contributed by atoms with van der Waals surface area (Å²) in [6.45, 7) is 11.6. The molecule has 2 saturated heterocycles. The number of hydrogen-bond acceptors (Lipinski definition) is 3. The summed E-state index contributed by atoms with van der Waals surface area (Å²) in [4.78, 5) is 19.8. The predicted octanol–water partition coefficient (Wildman–Crippen LogP) is 3.08. The van der Waals surface area contributed by atoms with E-state index < -0.39 is 0 Å². The van der Waals surface area contributed by atoms with Gasteiger partial charge in [-0.2, -0.15) is 0 Å². The first-order chi connectivity index (χ1) is 13.1. The second-order valence-electron chi connectivity index (χ2n) is 10.8. The van der Waals surface area contributed by atoms with E-state index in [2.05, 4.69) is 28.5 Å². The van der Waals surface area contributed by atoms with Crippen LogP contribution >= 0.6 is 0 Å². The van der Waals surface area contributed by atoms with Crippen molar-refractivity contribution in [2.75, 3.05) is 39.3 Å². The van der Waals surface area contributed by atoms with E-state index in [4.69, 9.17) is 0 Å². The molecule has 4 aliphatic carbocycles. The fraction of sp³-hybridized carbons (Fsp3) is 0.957. The van der Waals surface area contributed by atoms with Crippen LogP contribution in [-0.4, -0.2) is 72.0 Å². The minimum Gasteiger partial charge on any atom is -0.340 e. The Kier molecular flexibility index (Phi) is 5.00. The lowest BCUT2D eigenvalue weighted by Gasteiger charge is -2.58. The topological polar surface area (TPSA) is 26.8 Å². The highest BCUT2D eigenvalue weighted by Gasteiger charge is 2.50. The maximum Gasteiger partial charge on any atom is 0.222 e. The average molecular weight is 374 g/mol. The minimum atomic E-state index is 0.356. The van der Waals surface area contributed by atoms with E-state index in [0.29, 0.717) is 17.9 Å². The zero-order chi connectivity index (χ0) is 18.5. The molecule has 4 heteroatoms. The van der Waals surface area contributed by atoms with Crippen LogP contribution in [0.15, 0.2) is 0 Å². The Morgan fingerprint density at radius 3 is 2.15 bits per heavy atom. The third kappa shape index (κ3) is 3.57. The van der Waals surface area contributed by atoms with Gasteiger partial charge < -0.3 is 9.80 Å². The number of carbonyl (C=O) groups is 1. The Balaban J connectivity index is 1.13. The van der Waals surface area contributed by atoms with Crippen LogP contribution in [-0.2, 0) is 4.79 Å². The first-order valence-electron chi connectivity index (χ1n) is 11.8. The SMILES string of the molecule is CC(C)N1CC(CN2CCN(C3C4CC5CC(C4)CC3C5)CC2)CCC1=O. The molecular weight excluding hydrogens is 334 g/mol. The summed E-state index contributed by atoms with van der Waals surface area (Å²) in [5.74, 6) is 5.27. The smallest absolute Gasteiger partial charge is 0.222 e. The van der Waals surface area contributed by atoms with Gasteiger partial charge in [0.2, 0.25) is 5.91 Å². The van der Waals surface area contributed by atoms with Crippen molar-refractivity contribution < 1.29 is 4.79 Å². The molecule has 6 rings (SSSR count). The number of carbonyl (C=O) groups excluding carboxylic acids is 1. The van der Waals surface area contributed by atoms with E-state index in [1.165, 1.54) is 32.7 Å². The van der Waals surface area contributed by atoms with Gasteiger partial charge in [-0.15, -0.1) is 0 Å². The van der Waals surface area contributed by atoms with Crippen molar-refractivity contribution in [3.05, 3.63) is 0 Å². The van der Waals surface area contributed by atoms with Gasteiger partial charge in [-0.25, -0.2) is 0 Å². The number of piperidine rings is 1. The van der Waals surface area contributed by atoms with Crippen LogP contribution < -0.4 is 0 Å². The highest BCUT2D eigenvalue weighted by molar-refractivity contribution is 5.77. The molecule has 0 N–H and O–H groups in total. The zero-order valence-electron chi connectivity index (χ0n) is 17.5. The van der Waals surface area contributed by atoms with Crippen LogP contribution in [0, 0.1) is 29.6 Å². The summed E-state index contributed by atoms with van der Waals surface area (Å²) in [6.07, 6.45) is 9.58. The average Bonchev–Trinajstić information content (AvgIpc) is 2.63. The first kappa shape index (κ1) is 18.4. The lowest BCUT2D eigenvalue weighted by Crippen LogP contribution is -2.60. The highest BCUT2D eigenvalue weighted by atomic mass is 16.2. The molecular formula is C23H39N3O. The molecule has 4 bridgehead atoms. The number of rotatable bonds is 4. The molecule has 0 aromatic rings. The fourth-order valence-corrected chi connectivity index (χ4v) is 7.69. The van der Waals surface area contributed by atoms with Crippen LogP contribution in [0.2, 0.25) is 0 Å². The lowest BCUT2D eigenvalue weighted by molar-refractivity contribution is -0.137. The summed E-state index contributed by atoms with van der Waals surface area (Å²) in [6, 6.07) is 1.28. The molecule has 1 atom stereocenters. The Morgan fingerprint density at radius 1 is 0.926 bits per heavy atom. The maximum absolute atomic E-state index is 12.1. The molecule has 6 aliphatic rings. The van der Waals surface area contributed by atoms with Crippen LogP contribution in [0.25, 0.3) is 0 Å². The number of hydrogen-bond donors (Lipinski definition) is 0. The molecule has 4 saturated carbocycles. The standard InChI is InChI=1S/C23H39N3O/c1-16(2)26-15-17(3-4-22(26)27)14-24-5-7-25(8-6-24)23-20-10-18-9-19(12-20)13-21(23)11-18/h16-21,23H,3-15H2,1-2H3. The summed E-state index contributed by atoms with van der Waals surface area (Å²) in [5.41, 5.74) is 0. The molecule has 0 radical (unpaired) electrons. The van der Waals surface area contributed by atoms with E-state index >= 15 is 0 Å². The fourth-order valence-electron chi connectivity index (χ4n) is 7.69. The van der Waals surface area contributed by atoms with Gasteiger partial charge >= 0.3 is 0 Å². The summed E-state index contributed by atoms with van der Waals surface area (Å²) in [7, 11) is 0. The van der Waals surface area contributed by atoms with Gasteiger partial charge in [0, 0.05) is 57.8 Å². The second kappa shape index (κ2) is 7.33. The van der Waals surface area contributed by atoms with Gasteiger partial charge in [-0.05, 0) is 82.0 Å². The largest absolute Gasteiger partial charge is 0.340 e. The van der Waals surface area contributed by atoms with Crippen molar-refractivity contribution in [3.8, 4) is 0 Å². The summed E-state index contributed by atoms with van der Waals surface area (Å²) < 4.78 is 0. The maximum atomic E-state index is 12.1. The molecule has 2 aliphatic heterocycles. The Bertz CT molecular complexity index is 526. The van der Waals surface area contributed by atoms with E-state index in [-0.39, 0.29) is 0 Å². The summed E-state index contributed by atoms with van der Waals surface area (Å²) in [5, 5.41) is 0. The molecule has 27 heavy (non-hydrogen) atoms. The molecule has 4 nitrogen and oxygen atoms in total. The Morgan fingerprint density at radius 2 is 1.56 bits per heavy atom. The molecule has 152 valence electrons. The highest BCUT2D eigenvalue weighted by Crippen LogP contribution is 2.55. The Labute approximate surface area is 165 Å². The third-order valence-electron chi connectivity index (χ3n) is 8.69. The van der Waals surface area contributed by atoms with E-state index in [9.17, 15) is 4.79 Å². The number of amides is 1. The van der Waals surface area contributed by atoms with Gasteiger partial charge in [0.25, 0.3) is 0 Å². The molecule has 2 heterocycles. The zero-order valence-corrected chi connectivity index (χ0v) is 17.5. The van der Waals surface area contributed by atoms with Gasteiger partial charge in [-0.3, -0.25) is 9.69 Å². The van der Waals surface area contributed by atoms with Crippen LogP contribution in [0.3, 0.4) is 0 Å². The first-order valence-corrected chi connectivity index (χ1v) is 11.8. The second-order valence-corrected chi connectivity index (χ2v) is 10.8. The van der Waals surface area contributed by atoms with Crippen molar-refractivity contribution >= 4 is 5.91 Å². The molecule has 1 unspecified atom stereocenters. The number of likely N-dealkylation sites (tertiary alicyclic amines) is 1. The van der Waals surface area contributed by atoms with Crippen molar-refractivity contribution in [1.82, 2.24) is 14.7 Å². The van der Waals surface area contributed by atoms with Crippen LogP contribution in [0.1, 0.15) is 58.8 Å². The molecule has 0 aromatic heterocycles. The molecule has 0 spiro atoms. The van der Waals surface area contributed by atoms with Crippen molar-refractivity contribution in [2.45, 2.75) is 70.9 Å². The number of piperazine rings is 1. The van der Waals surface area contributed by atoms with E-state index in [1.54, 1.807) is 32.1 Å². The number of nitrogens with zero attached hydrogens (tertiary/aromatic N) is 3. The third-order valence-corrected chi connectivity index (χ3v) is 8.69. The van der Waals surface area contributed by atoms with Gasteiger partial charge in [0.15, 0.2) is 0 Å². The monoisotopic (exact) mass is 373 g/mol. The summed E-state index contributed by atoms with van der Waals surface area (Å²) >= 11 is 0. The van der Waals surface area contributed by atoms with Crippen molar-refractivity contribution in [3.63, 3.8) is 0 Å². The van der Waals surface area contributed by atoms with E-state index in [0.717, 1.165) is 49.1 Å². The van der Waals surface area contributed by atoms with E-state index in [1.807, 2.05) is 0 Å². The predicted molar refractivity (Wildman–Crippen MR) is 108 cm³/mol. The van der Waals surface area contributed by atoms with Gasteiger partial charge in [0.1, 0.15) is 0 Å². The van der Waals surface area contributed by atoms with Gasteiger partial charge in [-0.1, -0.05) is 0 Å².